The lowest BCUT2D eigenvalue weighted by atomic mass is 9.97. The Morgan fingerprint density at radius 1 is 1.44 bits per heavy atom. The van der Waals surface area contributed by atoms with E-state index in [0.717, 1.165) is 5.92 Å². The summed E-state index contributed by atoms with van der Waals surface area (Å²) < 4.78 is 0. The molecule has 0 amide bonds. The summed E-state index contributed by atoms with van der Waals surface area (Å²) in [6.07, 6.45) is 4.65. The molecule has 0 spiro atoms. The van der Waals surface area contributed by atoms with Crippen molar-refractivity contribution in [2.75, 3.05) is 26.7 Å². The highest BCUT2D eigenvalue weighted by Crippen LogP contribution is 2.20. The zero-order valence-electron chi connectivity index (χ0n) is 10.4. The number of hydrogen-bond donors (Lipinski definition) is 2. The van der Waals surface area contributed by atoms with Crippen molar-refractivity contribution < 1.29 is 0 Å². The van der Waals surface area contributed by atoms with Gasteiger partial charge in [0.1, 0.15) is 0 Å². The normalized spacial score (nSPS) is 20.2. The summed E-state index contributed by atoms with van der Waals surface area (Å²) in [5, 5.41) is 3.42. The molecule has 16 heavy (non-hydrogen) atoms. The number of aromatic nitrogens is 1. The maximum absolute atomic E-state index is 3.42. The average molecular weight is 221 g/mol. The van der Waals surface area contributed by atoms with Gasteiger partial charge in [-0.2, -0.15) is 0 Å². The zero-order valence-corrected chi connectivity index (χ0v) is 10.4. The van der Waals surface area contributed by atoms with Gasteiger partial charge in [-0.05, 0) is 58.0 Å². The van der Waals surface area contributed by atoms with Gasteiger partial charge in [0.05, 0.1) is 0 Å². The third kappa shape index (κ3) is 2.86. The van der Waals surface area contributed by atoms with Crippen LogP contribution >= 0.6 is 0 Å². The van der Waals surface area contributed by atoms with Crippen LogP contribution in [0, 0.1) is 5.92 Å². The molecule has 2 rings (SSSR count). The first-order chi connectivity index (χ1) is 7.77. The van der Waals surface area contributed by atoms with Crippen LogP contribution in [0.15, 0.2) is 18.3 Å². The van der Waals surface area contributed by atoms with Gasteiger partial charge < -0.3 is 10.3 Å². The van der Waals surface area contributed by atoms with E-state index in [2.05, 4.69) is 41.3 Å². The number of hydrogen-bond acceptors (Lipinski definition) is 2. The van der Waals surface area contributed by atoms with Crippen molar-refractivity contribution in [3.8, 4) is 0 Å². The molecular formula is C13H23N3. The zero-order chi connectivity index (χ0) is 11.4. The smallest absolute Gasteiger partial charge is 0.0467 e. The number of nitrogens with one attached hydrogen (secondary N) is 2. The fourth-order valence-corrected chi connectivity index (χ4v) is 2.47. The van der Waals surface area contributed by atoms with Crippen LogP contribution in [0.25, 0.3) is 0 Å². The highest BCUT2D eigenvalue weighted by atomic mass is 15.1. The van der Waals surface area contributed by atoms with E-state index in [4.69, 9.17) is 0 Å². The molecule has 90 valence electrons. The van der Waals surface area contributed by atoms with Crippen molar-refractivity contribution in [1.82, 2.24) is 15.2 Å². The van der Waals surface area contributed by atoms with Crippen LogP contribution in [0.2, 0.25) is 0 Å². The predicted molar refractivity (Wildman–Crippen MR) is 67.4 cm³/mol. The Hall–Kier alpha value is -0.800. The van der Waals surface area contributed by atoms with E-state index >= 15 is 0 Å². The summed E-state index contributed by atoms with van der Waals surface area (Å²) in [5.74, 6) is 0.865. The Bertz CT molecular complexity index is 288. The monoisotopic (exact) mass is 221 g/mol. The molecule has 0 bridgehead atoms. The lowest BCUT2D eigenvalue weighted by Gasteiger charge is -2.30. The lowest BCUT2D eigenvalue weighted by molar-refractivity contribution is 0.194. The highest BCUT2D eigenvalue weighted by molar-refractivity contribution is 5.08. The van der Waals surface area contributed by atoms with Crippen LogP contribution in [0.4, 0.5) is 0 Å². The van der Waals surface area contributed by atoms with Crippen LogP contribution in [0.1, 0.15) is 31.5 Å². The Morgan fingerprint density at radius 3 is 2.81 bits per heavy atom. The van der Waals surface area contributed by atoms with Crippen LogP contribution in [-0.4, -0.2) is 36.6 Å². The van der Waals surface area contributed by atoms with Crippen LogP contribution in [-0.2, 0) is 0 Å². The number of nitrogens with zero attached hydrogens (tertiary/aromatic N) is 1. The van der Waals surface area contributed by atoms with Gasteiger partial charge in [-0.3, -0.25) is 4.90 Å². The summed E-state index contributed by atoms with van der Waals surface area (Å²) in [6, 6.07) is 4.73. The van der Waals surface area contributed by atoms with Gasteiger partial charge >= 0.3 is 0 Å². The summed E-state index contributed by atoms with van der Waals surface area (Å²) >= 11 is 0. The molecule has 0 saturated carbocycles. The molecule has 1 unspecified atom stereocenters. The van der Waals surface area contributed by atoms with E-state index in [1.807, 2.05) is 6.20 Å². The molecule has 0 radical (unpaired) electrons. The molecule has 2 N–H and O–H groups in total. The first-order valence-corrected chi connectivity index (χ1v) is 6.31. The molecule has 1 aromatic heterocycles. The first-order valence-electron chi connectivity index (χ1n) is 6.31. The van der Waals surface area contributed by atoms with Gasteiger partial charge in [0.2, 0.25) is 0 Å². The van der Waals surface area contributed by atoms with Gasteiger partial charge in [-0.15, -0.1) is 0 Å². The van der Waals surface area contributed by atoms with Crippen molar-refractivity contribution in [3.63, 3.8) is 0 Å². The van der Waals surface area contributed by atoms with E-state index in [0.29, 0.717) is 6.04 Å². The standard InChI is InChI=1S/C13H23N3/c1-11(13-4-3-7-15-13)16(2)10-12-5-8-14-9-6-12/h3-4,7,11-12,14-15H,5-6,8-10H2,1-2H3. The number of aromatic amines is 1. The second-order valence-corrected chi connectivity index (χ2v) is 4.93. The number of H-pyrrole nitrogens is 1. The van der Waals surface area contributed by atoms with Gasteiger partial charge in [-0.25, -0.2) is 0 Å². The molecule has 3 nitrogen and oxygen atoms in total. The average Bonchev–Trinajstić information content (AvgIpc) is 2.83. The largest absolute Gasteiger partial charge is 0.364 e. The quantitative estimate of drug-likeness (QED) is 0.815. The summed E-state index contributed by atoms with van der Waals surface area (Å²) in [4.78, 5) is 5.76. The van der Waals surface area contributed by atoms with Crippen LogP contribution < -0.4 is 5.32 Å². The van der Waals surface area contributed by atoms with Crippen LogP contribution in [0.5, 0.6) is 0 Å². The van der Waals surface area contributed by atoms with Crippen molar-refractivity contribution in [1.29, 1.82) is 0 Å². The molecule has 2 heterocycles. The molecule has 1 saturated heterocycles. The summed E-state index contributed by atoms with van der Waals surface area (Å²) in [6.45, 7) is 5.86. The minimum atomic E-state index is 0.491. The van der Waals surface area contributed by atoms with E-state index in [-0.39, 0.29) is 0 Å². The van der Waals surface area contributed by atoms with E-state index in [1.165, 1.54) is 38.2 Å². The second-order valence-electron chi connectivity index (χ2n) is 4.93. The molecule has 0 aliphatic carbocycles. The first kappa shape index (κ1) is 11.7. The van der Waals surface area contributed by atoms with Gasteiger partial charge in [0, 0.05) is 24.5 Å². The minimum absolute atomic E-state index is 0.491. The minimum Gasteiger partial charge on any atom is -0.364 e. The summed E-state index contributed by atoms with van der Waals surface area (Å²) in [5.41, 5.74) is 1.32. The molecule has 1 fully saturated rings. The van der Waals surface area contributed by atoms with E-state index in [9.17, 15) is 0 Å². The van der Waals surface area contributed by atoms with Crippen molar-refractivity contribution in [3.05, 3.63) is 24.0 Å². The number of piperidine rings is 1. The Morgan fingerprint density at radius 2 is 2.19 bits per heavy atom. The van der Waals surface area contributed by atoms with E-state index < -0.39 is 0 Å². The topological polar surface area (TPSA) is 31.1 Å². The molecular weight excluding hydrogens is 198 g/mol. The Kier molecular flexibility index (Phi) is 4.02. The molecule has 3 heteroatoms. The van der Waals surface area contributed by atoms with Gasteiger partial charge in [-0.1, -0.05) is 0 Å². The Balaban J connectivity index is 1.84. The summed E-state index contributed by atoms with van der Waals surface area (Å²) in [7, 11) is 2.23. The van der Waals surface area contributed by atoms with Crippen molar-refractivity contribution in [2.45, 2.75) is 25.8 Å². The molecule has 0 aromatic carbocycles. The van der Waals surface area contributed by atoms with Gasteiger partial charge in [0.15, 0.2) is 0 Å². The molecule has 1 aliphatic heterocycles. The molecule has 1 aliphatic rings. The second kappa shape index (κ2) is 5.51. The molecule has 1 aromatic rings. The lowest BCUT2D eigenvalue weighted by Crippen LogP contribution is -2.35. The fraction of sp³-hybridized carbons (Fsp3) is 0.692. The fourth-order valence-electron chi connectivity index (χ4n) is 2.47. The SMILES string of the molecule is CC(c1ccc[nH]1)N(C)CC1CCNCC1. The van der Waals surface area contributed by atoms with Gasteiger partial charge in [0.25, 0.3) is 0 Å². The maximum atomic E-state index is 3.42. The third-order valence-corrected chi connectivity index (χ3v) is 3.74. The van der Waals surface area contributed by atoms with Crippen LogP contribution in [0.3, 0.4) is 0 Å². The number of rotatable bonds is 4. The molecule has 1 atom stereocenters. The Labute approximate surface area is 98.2 Å². The van der Waals surface area contributed by atoms with E-state index in [1.54, 1.807) is 0 Å². The maximum Gasteiger partial charge on any atom is 0.0467 e. The van der Waals surface area contributed by atoms with Crippen molar-refractivity contribution >= 4 is 0 Å². The highest BCUT2D eigenvalue weighted by Gasteiger charge is 2.18. The predicted octanol–water partition coefficient (Wildman–Crippen LogP) is 2.01. The third-order valence-electron chi connectivity index (χ3n) is 3.74. The van der Waals surface area contributed by atoms with Crippen molar-refractivity contribution in [2.24, 2.45) is 5.92 Å².